The fourth-order valence-corrected chi connectivity index (χ4v) is 5.46. The van der Waals surface area contributed by atoms with E-state index in [0.29, 0.717) is 0 Å². The normalized spacial score (nSPS) is 12.5. The highest BCUT2D eigenvalue weighted by atomic mass is 31.1. The van der Waals surface area contributed by atoms with Crippen LogP contribution in [0.4, 0.5) is 0 Å². The second kappa shape index (κ2) is 6.38. The van der Waals surface area contributed by atoms with Crippen LogP contribution in [0.25, 0.3) is 11.3 Å². The summed E-state index contributed by atoms with van der Waals surface area (Å²) < 4.78 is 6.36. The monoisotopic (exact) mass is 315 g/mol. The lowest BCUT2D eigenvalue weighted by atomic mass is 10.1. The Kier molecular flexibility index (Phi) is 4.92. The molecule has 0 aliphatic carbocycles. The first-order chi connectivity index (χ1) is 10.2. The summed E-state index contributed by atoms with van der Waals surface area (Å²) in [4.78, 5) is 4.70. The van der Waals surface area contributed by atoms with Gasteiger partial charge in [0.2, 0.25) is 5.88 Å². The van der Waals surface area contributed by atoms with Gasteiger partial charge in [0.05, 0.1) is 5.69 Å². The molecule has 0 fully saturated rings. The zero-order chi connectivity index (χ0) is 16.4. The first-order valence-corrected chi connectivity index (χ1v) is 8.95. The summed E-state index contributed by atoms with van der Waals surface area (Å²) in [6.45, 7) is 13.4. The van der Waals surface area contributed by atoms with E-state index in [1.165, 1.54) is 0 Å². The van der Waals surface area contributed by atoms with Gasteiger partial charge in [-0.15, -0.1) is 0 Å². The van der Waals surface area contributed by atoms with E-state index in [1.807, 2.05) is 36.4 Å². The Balaban J connectivity index is 2.30. The van der Waals surface area contributed by atoms with Crippen LogP contribution in [0.5, 0.6) is 5.88 Å². The highest BCUT2D eigenvalue weighted by Crippen LogP contribution is 2.59. The third-order valence-electron chi connectivity index (χ3n) is 3.20. The van der Waals surface area contributed by atoms with Gasteiger partial charge in [-0.25, -0.2) is 4.98 Å². The Morgan fingerprint density at radius 3 is 1.91 bits per heavy atom. The van der Waals surface area contributed by atoms with Crippen molar-refractivity contribution in [3.63, 3.8) is 0 Å². The molecule has 1 aromatic heterocycles. The van der Waals surface area contributed by atoms with Gasteiger partial charge in [-0.05, 0) is 6.07 Å². The highest BCUT2D eigenvalue weighted by molar-refractivity contribution is 7.56. The number of hydrogen-bond acceptors (Lipinski definition) is 2. The first kappa shape index (κ1) is 17.0. The summed E-state index contributed by atoms with van der Waals surface area (Å²) in [6.07, 6.45) is 0. The lowest BCUT2D eigenvalue weighted by molar-refractivity contribution is 0.518. The van der Waals surface area contributed by atoms with Crippen molar-refractivity contribution < 1.29 is 4.52 Å². The predicted octanol–water partition coefficient (Wildman–Crippen LogP) is 6.12. The second-order valence-corrected chi connectivity index (χ2v) is 10.9. The molecule has 1 aromatic carbocycles. The Morgan fingerprint density at radius 2 is 1.36 bits per heavy atom. The van der Waals surface area contributed by atoms with Crippen LogP contribution in [0.2, 0.25) is 0 Å². The molecule has 0 amide bonds. The SMILES string of the molecule is CC(C)(C)P(Oc1cccc(-c2ccccc2)n1)C(C)(C)C. The topological polar surface area (TPSA) is 22.1 Å². The quantitative estimate of drug-likeness (QED) is 0.636. The van der Waals surface area contributed by atoms with Crippen LogP contribution in [0.1, 0.15) is 41.5 Å². The molecule has 2 rings (SSSR count). The number of rotatable bonds is 3. The van der Waals surface area contributed by atoms with Crippen molar-refractivity contribution in [1.82, 2.24) is 4.98 Å². The molecular formula is C19H26NOP. The van der Waals surface area contributed by atoms with Crippen LogP contribution in [0.15, 0.2) is 48.5 Å². The van der Waals surface area contributed by atoms with Crippen LogP contribution in [-0.4, -0.2) is 15.3 Å². The number of benzene rings is 1. The summed E-state index contributed by atoms with van der Waals surface area (Å²) in [7, 11) is -0.663. The minimum atomic E-state index is -0.663. The molecule has 0 bridgehead atoms. The van der Waals surface area contributed by atoms with Gasteiger partial charge in [-0.2, -0.15) is 0 Å². The van der Waals surface area contributed by atoms with Gasteiger partial charge in [-0.1, -0.05) is 77.9 Å². The van der Waals surface area contributed by atoms with Gasteiger partial charge in [0, 0.05) is 21.9 Å². The van der Waals surface area contributed by atoms with E-state index in [9.17, 15) is 0 Å². The van der Waals surface area contributed by atoms with E-state index < -0.39 is 8.15 Å². The van der Waals surface area contributed by atoms with Crippen molar-refractivity contribution >= 4 is 8.15 Å². The lowest BCUT2D eigenvalue weighted by Crippen LogP contribution is -2.27. The number of hydrogen-bond donors (Lipinski definition) is 0. The standard InChI is InChI=1S/C19H26NOP/c1-18(2,3)22(19(4,5)6)21-17-14-10-13-16(20-17)15-11-8-7-9-12-15/h7-14H,1-6H3. The summed E-state index contributed by atoms with van der Waals surface area (Å²) in [5, 5.41) is 0.218. The summed E-state index contributed by atoms with van der Waals surface area (Å²) in [5.41, 5.74) is 2.07. The van der Waals surface area contributed by atoms with E-state index in [-0.39, 0.29) is 10.3 Å². The molecule has 118 valence electrons. The van der Waals surface area contributed by atoms with Crippen molar-refractivity contribution in [1.29, 1.82) is 0 Å². The Morgan fingerprint density at radius 1 is 0.773 bits per heavy atom. The maximum absolute atomic E-state index is 6.36. The maximum Gasteiger partial charge on any atom is 0.216 e. The van der Waals surface area contributed by atoms with Crippen LogP contribution in [0, 0.1) is 0 Å². The summed E-state index contributed by atoms with van der Waals surface area (Å²) >= 11 is 0. The molecule has 2 nitrogen and oxygen atoms in total. The summed E-state index contributed by atoms with van der Waals surface area (Å²) in [6, 6.07) is 16.2. The van der Waals surface area contributed by atoms with Crippen molar-refractivity contribution in [2.75, 3.05) is 0 Å². The van der Waals surface area contributed by atoms with E-state index >= 15 is 0 Å². The zero-order valence-corrected chi connectivity index (χ0v) is 15.3. The molecule has 0 spiro atoms. The molecule has 22 heavy (non-hydrogen) atoms. The number of aromatic nitrogens is 1. The minimum Gasteiger partial charge on any atom is -0.456 e. The largest absolute Gasteiger partial charge is 0.456 e. The summed E-state index contributed by atoms with van der Waals surface area (Å²) in [5.74, 6) is 0.720. The molecule has 0 unspecified atom stereocenters. The third-order valence-corrected chi connectivity index (χ3v) is 6.00. The molecule has 2 aromatic rings. The Bertz CT molecular complexity index is 597. The van der Waals surface area contributed by atoms with Gasteiger partial charge in [-0.3, -0.25) is 0 Å². The van der Waals surface area contributed by atoms with Gasteiger partial charge >= 0.3 is 0 Å². The van der Waals surface area contributed by atoms with Crippen molar-refractivity contribution in [2.45, 2.75) is 51.9 Å². The van der Waals surface area contributed by atoms with Crippen LogP contribution in [0.3, 0.4) is 0 Å². The van der Waals surface area contributed by atoms with Gasteiger partial charge in [0.25, 0.3) is 0 Å². The molecule has 0 atom stereocenters. The molecule has 0 saturated carbocycles. The van der Waals surface area contributed by atoms with Gasteiger partial charge in [0.15, 0.2) is 0 Å². The molecule has 1 heterocycles. The molecule has 0 radical (unpaired) electrons. The average Bonchev–Trinajstić information content (AvgIpc) is 2.44. The van der Waals surface area contributed by atoms with Crippen LogP contribution in [-0.2, 0) is 0 Å². The highest BCUT2D eigenvalue weighted by Gasteiger charge is 2.37. The lowest BCUT2D eigenvalue weighted by Gasteiger charge is -2.39. The second-order valence-electron chi connectivity index (χ2n) is 7.45. The Labute approximate surface area is 135 Å². The Hall–Kier alpha value is -1.40. The van der Waals surface area contributed by atoms with E-state index in [4.69, 9.17) is 9.51 Å². The molecular weight excluding hydrogens is 289 g/mol. The number of nitrogens with zero attached hydrogens (tertiary/aromatic N) is 1. The predicted molar refractivity (Wildman–Crippen MR) is 96.7 cm³/mol. The zero-order valence-electron chi connectivity index (χ0n) is 14.4. The van der Waals surface area contributed by atoms with Gasteiger partial charge < -0.3 is 4.52 Å². The smallest absolute Gasteiger partial charge is 0.216 e. The molecule has 0 saturated heterocycles. The molecule has 0 aliphatic heterocycles. The average molecular weight is 315 g/mol. The van der Waals surface area contributed by atoms with Crippen molar-refractivity contribution in [2.24, 2.45) is 0 Å². The van der Waals surface area contributed by atoms with Crippen molar-refractivity contribution in [3.8, 4) is 17.1 Å². The van der Waals surface area contributed by atoms with Crippen LogP contribution >= 0.6 is 8.15 Å². The van der Waals surface area contributed by atoms with Gasteiger partial charge in [0.1, 0.15) is 8.15 Å². The fraction of sp³-hybridized carbons (Fsp3) is 0.421. The van der Waals surface area contributed by atoms with Crippen LogP contribution < -0.4 is 4.52 Å². The van der Waals surface area contributed by atoms with E-state index in [0.717, 1.165) is 17.1 Å². The maximum atomic E-state index is 6.36. The molecule has 3 heteroatoms. The minimum absolute atomic E-state index is 0.109. The molecule has 0 N–H and O–H groups in total. The number of pyridine rings is 1. The third kappa shape index (κ3) is 4.30. The first-order valence-electron chi connectivity index (χ1n) is 7.69. The van der Waals surface area contributed by atoms with Crippen molar-refractivity contribution in [3.05, 3.63) is 48.5 Å². The van der Waals surface area contributed by atoms with E-state index in [2.05, 4.69) is 53.7 Å². The molecule has 0 aliphatic rings. The van der Waals surface area contributed by atoms with E-state index in [1.54, 1.807) is 0 Å². The fourth-order valence-electron chi connectivity index (χ4n) is 2.61.